The molecule has 0 amide bonds. The van der Waals surface area contributed by atoms with Gasteiger partial charge < -0.3 is 5.32 Å². The van der Waals surface area contributed by atoms with E-state index in [-0.39, 0.29) is 11.6 Å². The highest BCUT2D eigenvalue weighted by Crippen LogP contribution is 2.22. The SMILES string of the molecule is CC(C(=O)c1ccccc1)C(Nc1ccc(Cl)cc1)C(=O)c1ccccc1. The molecule has 0 bridgehead atoms. The first kappa shape index (κ1) is 18.9. The topological polar surface area (TPSA) is 46.2 Å². The Hall–Kier alpha value is -2.91. The van der Waals surface area contributed by atoms with E-state index < -0.39 is 12.0 Å². The van der Waals surface area contributed by atoms with Crippen molar-refractivity contribution >= 4 is 28.9 Å². The molecule has 2 unspecified atom stereocenters. The predicted molar refractivity (Wildman–Crippen MR) is 110 cm³/mol. The number of ketones is 2. The lowest BCUT2D eigenvalue weighted by Crippen LogP contribution is -2.39. The summed E-state index contributed by atoms with van der Waals surface area (Å²) in [6.07, 6.45) is 0. The Bertz CT molecular complexity index is 908. The van der Waals surface area contributed by atoms with Crippen LogP contribution in [0.1, 0.15) is 27.6 Å². The zero-order valence-corrected chi connectivity index (χ0v) is 15.7. The van der Waals surface area contributed by atoms with Crippen molar-refractivity contribution in [2.45, 2.75) is 13.0 Å². The third-order valence-corrected chi connectivity index (χ3v) is 4.73. The number of Topliss-reactive ketones (excluding diaryl/α,β-unsaturated/α-hetero) is 2. The Morgan fingerprint density at radius 1 is 0.741 bits per heavy atom. The lowest BCUT2D eigenvalue weighted by molar-refractivity contribution is 0.0846. The minimum absolute atomic E-state index is 0.0775. The van der Waals surface area contributed by atoms with Crippen molar-refractivity contribution in [3.05, 3.63) is 101 Å². The van der Waals surface area contributed by atoms with Crippen LogP contribution in [-0.2, 0) is 0 Å². The van der Waals surface area contributed by atoms with Gasteiger partial charge in [-0.15, -0.1) is 0 Å². The molecule has 0 radical (unpaired) electrons. The van der Waals surface area contributed by atoms with Crippen molar-refractivity contribution in [3.63, 3.8) is 0 Å². The van der Waals surface area contributed by atoms with Gasteiger partial charge in [-0.25, -0.2) is 0 Å². The fraction of sp³-hybridized carbons (Fsp3) is 0.130. The van der Waals surface area contributed by atoms with Gasteiger partial charge in [0, 0.05) is 27.8 Å². The van der Waals surface area contributed by atoms with Crippen LogP contribution in [0.3, 0.4) is 0 Å². The summed E-state index contributed by atoms with van der Waals surface area (Å²) in [6, 6.07) is 24.5. The van der Waals surface area contributed by atoms with Gasteiger partial charge in [0.25, 0.3) is 0 Å². The molecule has 0 aliphatic carbocycles. The van der Waals surface area contributed by atoms with Crippen molar-refractivity contribution in [3.8, 4) is 0 Å². The van der Waals surface area contributed by atoms with Crippen LogP contribution in [0, 0.1) is 5.92 Å². The maximum Gasteiger partial charge on any atom is 0.185 e. The number of anilines is 1. The minimum atomic E-state index is -0.693. The fourth-order valence-electron chi connectivity index (χ4n) is 2.94. The summed E-state index contributed by atoms with van der Waals surface area (Å²) in [6.45, 7) is 1.78. The van der Waals surface area contributed by atoms with E-state index in [0.29, 0.717) is 16.1 Å². The number of hydrogen-bond acceptors (Lipinski definition) is 3. The molecule has 136 valence electrons. The molecule has 3 aromatic carbocycles. The van der Waals surface area contributed by atoms with E-state index in [1.54, 1.807) is 55.5 Å². The van der Waals surface area contributed by atoms with Crippen LogP contribution in [0.4, 0.5) is 5.69 Å². The maximum atomic E-state index is 13.2. The zero-order chi connectivity index (χ0) is 19.2. The van der Waals surface area contributed by atoms with Gasteiger partial charge in [-0.1, -0.05) is 79.2 Å². The average Bonchev–Trinajstić information content (AvgIpc) is 2.73. The molecule has 0 aliphatic rings. The van der Waals surface area contributed by atoms with Crippen LogP contribution < -0.4 is 5.32 Å². The maximum absolute atomic E-state index is 13.2. The smallest absolute Gasteiger partial charge is 0.185 e. The third kappa shape index (κ3) is 4.63. The van der Waals surface area contributed by atoms with Crippen LogP contribution in [0.2, 0.25) is 5.02 Å². The normalized spacial score (nSPS) is 12.8. The molecule has 0 spiro atoms. The van der Waals surface area contributed by atoms with Crippen LogP contribution in [0.25, 0.3) is 0 Å². The van der Waals surface area contributed by atoms with Crippen LogP contribution in [-0.4, -0.2) is 17.6 Å². The number of carbonyl (C=O) groups is 2. The summed E-state index contributed by atoms with van der Waals surface area (Å²) in [4.78, 5) is 26.1. The van der Waals surface area contributed by atoms with Gasteiger partial charge in [0.15, 0.2) is 11.6 Å². The monoisotopic (exact) mass is 377 g/mol. The number of rotatable bonds is 7. The summed E-state index contributed by atoms with van der Waals surface area (Å²) < 4.78 is 0. The second-order valence-corrected chi connectivity index (χ2v) is 6.81. The number of nitrogens with one attached hydrogen (secondary N) is 1. The minimum Gasteiger partial charge on any atom is -0.374 e. The first-order chi connectivity index (χ1) is 13.1. The Morgan fingerprint density at radius 3 is 1.74 bits per heavy atom. The van der Waals surface area contributed by atoms with Gasteiger partial charge in [-0.05, 0) is 24.3 Å². The van der Waals surface area contributed by atoms with Crippen LogP contribution >= 0.6 is 11.6 Å². The summed E-state index contributed by atoms with van der Waals surface area (Å²) in [5.41, 5.74) is 1.90. The molecule has 27 heavy (non-hydrogen) atoms. The van der Waals surface area contributed by atoms with E-state index in [1.165, 1.54) is 0 Å². The van der Waals surface area contributed by atoms with Gasteiger partial charge in [0.1, 0.15) is 0 Å². The molecular weight excluding hydrogens is 358 g/mol. The highest BCUT2D eigenvalue weighted by molar-refractivity contribution is 6.30. The van der Waals surface area contributed by atoms with E-state index in [2.05, 4.69) is 5.32 Å². The Kier molecular flexibility index (Phi) is 6.05. The van der Waals surface area contributed by atoms with Gasteiger partial charge in [0.2, 0.25) is 0 Å². The summed E-state index contributed by atoms with van der Waals surface area (Å²) in [5.74, 6) is -0.746. The largest absolute Gasteiger partial charge is 0.374 e. The molecule has 3 nitrogen and oxygen atoms in total. The van der Waals surface area contributed by atoms with Gasteiger partial charge in [0.05, 0.1) is 6.04 Å². The van der Waals surface area contributed by atoms with E-state index in [4.69, 9.17) is 11.6 Å². The average molecular weight is 378 g/mol. The van der Waals surface area contributed by atoms with Crippen molar-refractivity contribution < 1.29 is 9.59 Å². The van der Waals surface area contributed by atoms with Crippen LogP contribution in [0.5, 0.6) is 0 Å². The highest BCUT2D eigenvalue weighted by atomic mass is 35.5. The second kappa shape index (κ2) is 8.65. The molecule has 0 saturated heterocycles. The highest BCUT2D eigenvalue weighted by Gasteiger charge is 2.31. The summed E-state index contributed by atoms with van der Waals surface area (Å²) in [5, 5.41) is 3.84. The zero-order valence-electron chi connectivity index (χ0n) is 14.9. The standard InChI is InChI=1S/C23H20ClNO2/c1-16(22(26)17-8-4-2-5-9-17)21(23(27)18-10-6-3-7-11-18)25-20-14-12-19(24)13-15-20/h2-16,21,25H,1H3. The Morgan fingerprint density at radius 2 is 1.22 bits per heavy atom. The van der Waals surface area contributed by atoms with Crippen molar-refractivity contribution in [1.82, 2.24) is 0 Å². The lowest BCUT2D eigenvalue weighted by atomic mass is 9.87. The fourth-order valence-corrected chi connectivity index (χ4v) is 3.07. The van der Waals surface area contributed by atoms with Crippen molar-refractivity contribution in [2.75, 3.05) is 5.32 Å². The van der Waals surface area contributed by atoms with Gasteiger partial charge >= 0.3 is 0 Å². The quantitative estimate of drug-likeness (QED) is 0.551. The molecule has 0 aliphatic heterocycles. The van der Waals surface area contributed by atoms with E-state index in [0.717, 1.165) is 5.69 Å². The van der Waals surface area contributed by atoms with Crippen molar-refractivity contribution in [2.24, 2.45) is 5.92 Å². The summed E-state index contributed by atoms with van der Waals surface area (Å²) in [7, 11) is 0. The van der Waals surface area contributed by atoms with E-state index in [1.807, 2.05) is 36.4 Å². The molecule has 0 heterocycles. The van der Waals surface area contributed by atoms with Crippen LogP contribution in [0.15, 0.2) is 84.9 Å². The first-order valence-electron chi connectivity index (χ1n) is 8.77. The number of hydrogen-bond donors (Lipinski definition) is 1. The molecule has 2 atom stereocenters. The first-order valence-corrected chi connectivity index (χ1v) is 9.14. The molecule has 4 heteroatoms. The molecule has 3 rings (SSSR count). The number of carbonyl (C=O) groups excluding carboxylic acids is 2. The Balaban J connectivity index is 1.92. The van der Waals surface area contributed by atoms with Gasteiger partial charge in [-0.2, -0.15) is 0 Å². The molecule has 1 N–H and O–H groups in total. The predicted octanol–water partition coefficient (Wildman–Crippen LogP) is 5.52. The molecule has 0 saturated carbocycles. The van der Waals surface area contributed by atoms with E-state index >= 15 is 0 Å². The summed E-state index contributed by atoms with van der Waals surface area (Å²) >= 11 is 5.95. The van der Waals surface area contributed by atoms with E-state index in [9.17, 15) is 9.59 Å². The van der Waals surface area contributed by atoms with Crippen molar-refractivity contribution in [1.29, 1.82) is 0 Å². The molecular formula is C23H20ClNO2. The lowest BCUT2D eigenvalue weighted by Gasteiger charge is -2.24. The second-order valence-electron chi connectivity index (χ2n) is 6.38. The third-order valence-electron chi connectivity index (χ3n) is 4.48. The van der Waals surface area contributed by atoms with Gasteiger partial charge in [-0.3, -0.25) is 9.59 Å². The Labute approximate surface area is 164 Å². The molecule has 0 fully saturated rings. The number of benzene rings is 3. The molecule has 0 aromatic heterocycles. The number of halogens is 1. The molecule has 3 aromatic rings.